The molecule has 0 saturated carbocycles. The number of nitrogens with two attached hydrogens (primary N) is 1. The summed E-state index contributed by atoms with van der Waals surface area (Å²) in [5.74, 6) is -0.684. The van der Waals surface area contributed by atoms with Gasteiger partial charge in [0, 0.05) is 5.56 Å². The number of carbonyl (C=O) groups excluding carboxylic acids is 1. The third-order valence-corrected chi connectivity index (χ3v) is 3.39. The number of rotatable bonds is 4. The molecular weight excluding hydrogens is 313 g/mol. The Bertz CT molecular complexity index is 755. The van der Waals surface area contributed by atoms with E-state index < -0.39 is 18.6 Å². The molecule has 6 nitrogen and oxygen atoms in total. The van der Waals surface area contributed by atoms with E-state index in [9.17, 15) is 18.0 Å². The summed E-state index contributed by atoms with van der Waals surface area (Å²) < 4.78 is 44.4. The maximum absolute atomic E-state index is 12.8. The first kappa shape index (κ1) is 15.5. The Labute approximate surface area is 129 Å². The summed E-state index contributed by atoms with van der Waals surface area (Å²) in [6.07, 6.45) is -4.77. The lowest BCUT2D eigenvalue weighted by molar-refractivity contribution is -0.142. The van der Waals surface area contributed by atoms with Crippen LogP contribution in [0.1, 0.15) is 17.0 Å². The minimum absolute atomic E-state index is 0.0340. The van der Waals surface area contributed by atoms with E-state index in [0.29, 0.717) is 18.8 Å². The third kappa shape index (κ3) is 3.34. The fourth-order valence-corrected chi connectivity index (χ4v) is 2.51. The van der Waals surface area contributed by atoms with Gasteiger partial charge in [-0.15, -0.1) is 0 Å². The van der Waals surface area contributed by atoms with Crippen molar-refractivity contribution < 1.29 is 22.7 Å². The van der Waals surface area contributed by atoms with Gasteiger partial charge in [0.1, 0.15) is 6.54 Å². The number of carbonyl (C=O) groups is 1. The van der Waals surface area contributed by atoms with Gasteiger partial charge in [0.25, 0.3) is 0 Å². The van der Waals surface area contributed by atoms with Gasteiger partial charge in [-0.25, -0.2) is 9.67 Å². The van der Waals surface area contributed by atoms with Crippen molar-refractivity contribution in [1.29, 1.82) is 0 Å². The summed E-state index contributed by atoms with van der Waals surface area (Å²) in [7, 11) is 0. The molecule has 0 radical (unpaired) electrons. The topological polar surface area (TPSA) is 83.0 Å². The molecule has 122 valence electrons. The minimum Gasteiger partial charge on any atom is -0.372 e. The number of alkyl halides is 3. The van der Waals surface area contributed by atoms with Crippen molar-refractivity contribution in [3.8, 4) is 11.4 Å². The van der Waals surface area contributed by atoms with Crippen molar-refractivity contribution >= 4 is 5.91 Å². The zero-order chi connectivity index (χ0) is 16.6. The molecule has 0 fully saturated rings. The molecule has 1 aromatic heterocycles. The summed E-state index contributed by atoms with van der Waals surface area (Å²) in [4.78, 5) is 15.1. The van der Waals surface area contributed by atoms with Crippen LogP contribution >= 0.6 is 0 Å². The molecule has 9 heteroatoms. The number of halogens is 3. The fraction of sp³-hybridized carbons (Fsp3) is 0.357. The van der Waals surface area contributed by atoms with Gasteiger partial charge in [0.05, 0.1) is 19.6 Å². The monoisotopic (exact) mass is 326 g/mol. The Morgan fingerprint density at radius 2 is 2.13 bits per heavy atom. The standard InChI is InChI=1S/C14H13F3N4O2/c15-14(16,17)7-21-13(19-12(20-21)4-11(18)22)9-3-1-2-8-5-23-6-10(8)9/h1-3H,4-7H2,(H2,18,22). The number of fused-ring (bicyclic) bond motifs is 1. The smallest absolute Gasteiger partial charge is 0.372 e. The van der Waals surface area contributed by atoms with Gasteiger partial charge >= 0.3 is 6.18 Å². The van der Waals surface area contributed by atoms with Gasteiger partial charge in [-0.05, 0) is 11.1 Å². The lowest BCUT2D eigenvalue weighted by Gasteiger charge is -2.11. The number of ether oxygens (including phenoxy) is 1. The Hall–Kier alpha value is -2.42. The molecule has 1 aromatic carbocycles. The average molecular weight is 326 g/mol. The number of amides is 1. The maximum atomic E-state index is 12.8. The van der Waals surface area contributed by atoms with E-state index in [-0.39, 0.29) is 18.1 Å². The highest BCUT2D eigenvalue weighted by Gasteiger charge is 2.31. The highest BCUT2D eigenvalue weighted by atomic mass is 19.4. The second-order valence-corrected chi connectivity index (χ2v) is 5.20. The van der Waals surface area contributed by atoms with Crippen molar-refractivity contribution in [2.24, 2.45) is 5.73 Å². The SMILES string of the molecule is NC(=O)Cc1nc(-c2cccc3c2COC3)n(CC(F)(F)F)n1. The maximum Gasteiger partial charge on any atom is 0.408 e. The zero-order valence-corrected chi connectivity index (χ0v) is 11.9. The summed E-state index contributed by atoms with van der Waals surface area (Å²) in [5, 5.41) is 3.78. The second kappa shape index (κ2) is 5.65. The Morgan fingerprint density at radius 3 is 2.83 bits per heavy atom. The van der Waals surface area contributed by atoms with Crippen LogP contribution in [-0.4, -0.2) is 26.8 Å². The molecule has 2 N–H and O–H groups in total. The molecule has 3 rings (SSSR count). The molecule has 0 bridgehead atoms. The third-order valence-electron chi connectivity index (χ3n) is 3.39. The molecule has 1 amide bonds. The number of hydrogen-bond donors (Lipinski definition) is 1. The van der Waals surface area contributed by atoms with Gasteiger partial charge in [-0.3, -0.25) is 4.79 Å². The Morgan fingerprint density at radius 1 is 1.35 bits per heavy atom. The molecule has 2 aromatic rings. The predicted octanol–water partition coefficient (Wildman–Crippen LogP) is 1.57. The van der Waals surface area contributed by atoms with Gasteiger partial charge in [0.2, 0.25) is 5.91 Å². The van der Waals surface area contributed by atoms with Crippen LogP contribution in [0.15, 0.2) is 18.2 Å². The van der Waals surface area contributed by atoms with E-state index in [0.717, 1.165) is 15.8 Å². The molecule has 0 saturated heterocycles. The summed E-state index contributed by atoms with van der Waals surface area (Å²) >= 11 is 0. The second-order valence-electron chi connectivity index (χ2n) is 5.20. The average Bonchev–Trinajstić information content (AvgIpc) is 3.02. The van der Waals surface area contributed by atoms with E-state index >= 15 is 0 Å². The van der Waals surface area contributed by atoms with Gasteiger partial charge in [-0.2, -0.15) is 18.3 Å². The van der Waals surface area contributed by atoms with Crippen molar-refractivity contribution in [2.75, 3.05) is 0 Å². The highest BCUT2D eigenvalue weighted by molar-refractivity contribution is 5.76. The van der Waals surface area contributed by atoms with Crippen molar-refractivity contribution in [2.45, 2.75) is 32.4 Å². The number of hydrogen-bond acceptors (Lipinski definition) is 4. The zero-order valence-electron chi connectivity index (χ0n) is 11.9. The molecule has 1 aliphatic heterocycles. The number of nitrogens with zero attached hydrogens (tertiary/aromatic N) is 3. The largest absolute Gasteiger partial charge is 0.408 e. The lowest BCUT2D eigenvalue weighted by atomic mass is 10.0. The molecule has 2 heterocycles. The molecule has 23 heavy (non-hydrogen) atoms. The van der Waals surface area contributed by atoms with E-state index in [1.54, 1.807) is 12.1 Å². The summed E-state index contributed by atoms with van der Waals surface area (Å²) in [6.45, 7) is -0.584. The first-order valence-electron chi connectivity index (χ1n) is 6.81. The van der Waals surface area contributed by atoms with E-state index in [1.165, 1.54) is 0 Å². The van der Waals surface area contributed by atoms with Crippen LogP contribution in [0.5, 0.6) is 0 Å². The van der Waals surface area contributed by atoms with Crippen molar-refractivity contribution in [3.63, 3.8) is 0 Å². The first-order chi connectivity index (χ1) is 10.8. The number of primary amides is 1. The van der Waals surface area contributed by atoms with E-state index in [2.05, 4.69) is 10.1 Å². The quantitative estimate of drug-likeness (QED) is 0.924. The van der Waals surface area contributed by atoms with Crippen LogP contribution in [0.25, 0.3) is 11.4 Å². The van der Waals surface area contributed by atoms with Crippen LogP contribution < -0.4 is 5.73 Å². The predicted molar refractivity (Wildman–Crippen MR) is 72.9 cm³/mol. The van der Waals surface area contributed by atoms with Crippen LogP contribution in [0.4, 0.5) is 13.2 Å². The minimum atomic E-state index is -4.46. The normalized spacial score (nSPS) is 14.0. The summed E-state index contributed by atoms with van der Waals surface area (Å²) in [6, 6.07) is 5.24. The molecular formula is C14H13F3N4O2. The molecule has 0 aliphatic carbocycles. The molecule has 0 unspecified atom stereocenters. The highest BCUT2D eigenvalue weighted by Crippen LogP contribution is 2.31. The van der Waals surface area contributed by atoms with Crippen LogP contribution in [0.3, 0.4) is 0 Å². The van der Waals surface area contributed by atoms with Crippen molar-refractivity contribution in [1.82, 2.24) is 14.8 Å². The van der Waals surface area contributed by atoms with Crippen molar-refractivity contribution in [3.05, 3.63) is 35.2 Å². The summed E-state index contributed by atoms with van der Waals surface area (Å²) in [5.41, 5.74) is 7.28. The van der Waals surface area contributed by atoms with Crippen LogP contribution in [0, 0.1) is 0 Å². The Kier molecular flexibility index (Phi) is 3.80. The van der Waals surface area contributed by atoms with Gasteiger partial charge in [-0.1, -0.05) is 18.2 Å². The van der Waals surface area contributed by atoms with Gasteiger partial charge < -0.3 is 10.5 Å². The fourth-order valence-electron chi connectivity index (χ4n) is 2.51. The first-order valence-corrected chi connectivity index (χ1v) is 6.81. The van der Waals surface area contributed by atoms with Crippen LogP contribution in [0.2, 0.25) is 0 Å². The molecule has 0 spiro atoms. The molecule has 1 aliphatic rings. The van der Waals surface area contributed by atoms with E-state index in [4.69, 9.17) is 10.5 Å². The van der Waals surface area contributed by atoms with E-state index in [1.807, 2.05) is 6.07 Å². The van der Waals surface area contributed by atoms with Crippen LogP contribution in [-0.2, 0) is 35.7 Å². The lowest BCUT2D eigenvalue weighted by Crippen LogP contribution is -2.20. The molecule has 0 atom stereocenters. The van der Waals surface area contributed by atoms with Gasteiger partial charge in [0.15, 0.2) is 11.6 Å². The number of benzene rings is 1. The number of aromatic nitrogens is 3. The Balaban J connectivity index is 2.08.